The summed E-state index contributed by atoms with van der Waals surface area (Å²) in [6, 6.07) is 8.39. The van der Waals surface area contributed by atoms with Crippen molar-refractivity contribution in [2.24, 2.45) is 0 Å². The number of thioether (sulfide) groups is 1. The van der Waals surface area contributed by atoms with Crippen LogP contribution in [0.15, 0.2) is 41.3 Å². The molecule has 2 heteroatoms. The molecule has 0 spiro atoms. The summed E-state index contributed by atoms with van der Waals surface area (Å²) < 4.78 is 0. The Morgan fingerprint density at radius 3 is 2.75 bits per heavy atom. The van der Waals surface area contributed by atoms with Crippen LogP contribution in [0.1, 0.15) is 25.8 Å². The number of benzene rings is 1. The van der Waals surface area contributed by atoms with Crippen molar-refractivity contribution >= 4 is 17.5 Å². The van der Waals surface area contributed by atoms with Gasteiger partial charge in [0.2, 0.25) is 0 Å². The van der Waals surface area contributed by atoms with Crippen LogP contribution in [0.3, 0.4) is 0 Å². The van der Waals surface area contributed by atoms with Crippen LogP contribution in [-0.2, 0) is 4.79 Å². The van der Waals surface area contributed by atoms with E-state index in [0.29, 0.717) is 5.25 Å². The molecular weight excluding hydrogens is 216 g/mol. The predicted octanol–water partition coefficient (Wildman–Crippen LogP) is 4.01. The number of aryl methyl sites for hydroxylation is 1. The first-order valence-electron chi connectivity index (χ1n) is 5.49. The van der Waals surface area contributed by atoms with Crippen LogP contribution in [0, 0.1) is 6.92 Å². The van der Waals surface area contributed by atoms with Crippen molar-refractivity contribution in [3.05, 3.63) is 42.0 Å². The third kappa shape index (κ3) is 4.67. The molecule has 0 saturated carbocycles. The number of allylic oxidation sites excluding steroid dienone is 2. The topological polar surface area (TPSA) is 17.1 Å². The molecule has 0 amide bonds. The van der Waals surface area contributed by atoms with Crippen molar-refractivity contribution in [2.75, 3.05) is 0 Å². The average Bonchev–Trinajstić information content (AvgIpc) is 2.21. The van der Waals surface area contributed by atoms with Gasteiger partial charge in [0.25, 0.3) is 0 Å². The van der Waals surface area contributed by atoms with Crippen LogP contribution in [0.2, 0.25) is 0 Å². The molecule has 16 heavy (non-hydrogen) atoms. The Bertz CT molecular complexity index is 382. The highest BCUT2D eigenvalue weighted by Crippen LogP contribution is 2.27. The van der Waals surface area contributed by atoms with E-state index in [2.05, 4.69) is 38.1 Å². The predicted molar refractivity (Wildman–Crippen MR) is 70.9 cm³/mol. The van der Waals surface area contributed by atoms with E-state index in [0.717, 1.165) is 6.42 Å². The summed E-state index contributed by atoms with van der Waals surface area (Å²) >= 11 is 1.86. The first-order chi connectivity index (χ1) is 7.59. The lowest BCUT2D eigenvalue weighted by atomic mass is 10.2. The van der Waals surface area contributed by atoms with Crippen molar-refractivity contribution in [2.45, 2.75) is 37.3 Å². The third-order valence-electron chi connectivity index (χ3n) is 2.24. The Kier molecular flexibility index (Phi) is 5.33. The molecule has 86 valence electrons. The second kappa shape index (κ2) is 6.54. The Morgan fingerprint density at radius 2 is 2.12 bits per heavy atom. The molecular formula is C14H18OS. The van der Waals surface area contributed by atoms with Gasteiger partial charge >= 0.3 is 0 Å². The Hall–Kier alpha value is -1.02. The van der Waals surface area contributed by atoms with Gasteiger partial charge in [-0.2, -0.15) is 0 Å². The fourth-order valence-electron chi connectivity index (χ4n) is 1.38. The molecule has 0 aromatic heterocycles. The minimum Gasteiger partial charge on any atom is -0.295 e. The van der Waals surface area contributed by atoms with E-state index in [9.17, 15) is 4.79 Å². The molecule has 1 unspecified atom stereocenters. The van der Waals surface area contributed by atoms with Crippen LogP contribution in [0.25, 0.3) is 0 Å². The summed E-state index contributed by atoms with van der Waals surface area (Å²) in [6.45, 7) is 5.89. The fourth-order valence-corrected chi connectivity index (χ4v) is 2.43. The number of ketones is 1. The highest BCUT2D eigenvalue weighted by molar-refractivity contribution is 8.00. The number of hydrogen-bond donors (Lipinski definition) is 0. The van der Waals surface area contributed by atoms with Crippen LogP contribution >= 0.6 is 11.8 Å². The van der Waals surface area contributed by atoms with E-state index in [1.807, 2.05) is 17.8 Å². The molecule has 0 radical (unpaired) electrons. The highest BCUT2D eigenvalue weighted by Gasteiger charge is 2.04. The van der Waals surface area contributed by atoms with Crippen molar-refractivity contribution in [1.82, 2.24) is 0 Å². The van der Waals surface area contributed by atoms with Gasteiger partial charge in [0, 0.05) is 10.1 Å². The molecule has 0 fully saturated rings. The molecule has 1 rings (SSSR count). The van der Waals surface area contributed by atoms with Crippen molar-refractivity contribution in [1.29, 1.82) is 0 Å². The van der Waals surface area contributed by atoms with Gasteiger partial charge in [-0.15, -0.1) is 11.8 Å². The molecule has 0 saturated heterocycles. The van der Waals surface area contributed by atoms with Gasteiger partial charge in [-0.25, -0.2) is 0 Å². The molecule has 1 nitrogen and oxygen atoms in total. The fraction of sp³-hybridized carbons (Fsp3) is 0.357. The number of hydrogen-bond acceptors (Lipinski definition) is 2. The summed E-state index contributed by atoms with van der Waals surface area (Å²) in [5, 5.41) is 0.497. The largest absolute Gasteiger partial charge is 0.295 e. The lowest BCUT2D eigenvalue weighted by Gasteiger charge is -2.10. The second-order valence-electron chi connectivity index (χ2n) is 3.94. The first-order valence-corrected chi connectivity index (χ1v) is 6.37. The maximum atomic E-state index is 10.7. The van der Waals surface area contributed by atoms with Crippen LogP contribution in [-0.4, -0.2) is 11.0 Å². The second-order valence-corrected chi connectivity index (χ2v) is 5.42. The summed E-state index contributed by atoms with van der Waals surface area (Å²) in [5.41, 5.74) is 1.31. The van der Waals surface area contributed by atoms with Crippen LogP contribution < -0.4 is 0 Å². The first kappa shape index (κ1) is 13.0. The van der Waals surface area contributed by atoms with E-state index >= 15 is 0 Å². The van der Waals surface area contributed by atoms with E-state index < -0.39 is 0 Å². The SMILES string of the molecule is CC(=O)/C=C/CC(C)Sc1ccccc1C. The number of rotatable bonds is 5. The smallest absolute Gasteiger partial charge is 0.152 e. The van der Waals surface area contributed by atoms with Crippen molar-refractivity contribution in [3.8, 4) is 0 Å². The summed E-state index contributed by atoms with van der Waals surface area (Å²) in [5.74, 6) is 0.119. The van der Waals surface area contributed by atoms with E-state index in [1.54, 1.807) is 13.0 Å². The highest BCUT2D eigenvalue weighted by atomic mass is 32.2. The maximum absolute atomic E-state index is 10.7. The molecule has 0 aliphatic carbocycles. The zero-order chi connectivity index (χ0) is 12.0. The molecule has 0 heterocycles. The molecule has 0 aliphatic heterocycles. The lowest BCUT2D eigenvalue weighted by Crippen LogP contribution is -1.94. The molecule has 0 aliphatic rings. The molecule has 1 aromatic carbocycles. The zero-order valence-corrected chi connectivity index (χ0v) is 10.9. The summed E-state index contributed by atoms with van der Waals surface area (Å²) in [7, 11) is 0. The minimum absolute atomic E-state index is 0.119. The van der Waals surface area contributed by atoms with Crippen molar-refractivity contribution < 1.29 is 4.79 Å². The van der Waals surface area contributed by atoms with Gasteiger partial charge in [-0.1, -0.05) is 31.2 Å². The summed E-state index contributed by atoms with van der Waals surface area (Å²) in [6.07, 6.45) is 4.53. The van der Waals surface area contributed by atoms with E-state index in [1.165, 1.54) is 10.5 Å². The Balaban J connectivity index is 2.49. The van der Waals surface area contributed by atoms with Gasteiger partial charge in [-0.05, 0) is 38.0 Å². The standard InChI is InChI=1S/C14H18OS/c1-11-7-4-5-10-14(11)16-13(3)9-6-8-12(2)15/h4-8,10,13H,9H2,1-3H3/b8-6+. The third-order valence-corrected chi connectivity index (χ3v) is 3.55. The van der Waals surface area contributed by atoms with Crippen LogP contribution in [0.4, 0.5) is 0 Å². The van der Waals surface area contributed by atoms with Gasteiger partial charge < -0.3 is 0 Å². The molecule has 1 aromatic rings. The molecule has 0 bridgehead atoms. The van der Waals surface area contributed by atoms with Gasteiger partial charge in [0.1, 0.15) is 0 Å². The monoisotopic (exact) mass is 234 g/mol. The Labute approximate surface area is 102 Å². The van der Waals surface area contributed by atoms with Gasteiger partial charge in [0.05, 0.1) is 0 Å². The minimum atomic E-state index is 0.119. The zero-order valence-electron chi connectivity index (χ0n) is 10.1. The quantitative estimate of drug-likeness (QED) is 0.565. The normalized spacial score (nSPS) is 12.9. The summed E-state index contributed by atoms with van der Waals surface area (Å²) in [4.78, 5) is 12.1. The molecule has 1 atom stereocenters. The molecule has 0 N–H and O–H groups in total. The van der Waals surface area contributed by atoms with E-state index in [-0.39, 0.29) is 5.78 Å². The van der Waals surface area contributed by atoms with Gasteiger partial charge in [0.15, 0.2) is 5.78 Å². The van der Waals surface area contributed by atoms with Crippen molar-refractivity contribution in [3.63, 3.8) is 0 Å². The average molecular weight is 234 g/mol. The van der Waals surface area contributed by atoms with Gasteiger partial charge in [-0.3, -0.25) is 4.79 Å². The lowest BCUT2D eigenvalue weighted by molar-refractivity contribution is -0.112. The Morgan fingerprint density at radius 1 is 1.44 bits per heavy atom. The maximum Gasteiger partial charge on any atom is 0.152 e. The van der Waals surface area contributed by atoms with Crippen LogP contribution in [0.5, 0.6) is 0 Å². The number of carbonyl (C=O) groups is 1. The number of carbonyl (C=O) groups excluding carboxylic acids is 1. The van der Waals surface area contributed by atoms with E-state index in [4.69, 9.17) is 0 Å².